The van der Waals surface area contributed by atoms with Crippen molar-refractivity contribution >= 4 is 65.3 Å². The molecule has 2 aromatic heterocycles. The van der Waals surface area contributed by atoms with Gasteiger partial charge in [-0.1, -0.05) is 146 Å². The Morgan fingerprint density at radius 3 is 1.67 bits per heavy atom. The van der Waals surface area contributed by atoms with E-state index in [2.05, 4.69) is 180 Å². The van der Waals surface area contributed by atoms with Crippen LogP contribution < -0.4 is 0 Å². The second kappa shape index (κ2) is 11.3. The second-order valence-corrected chi connectivity index (χ2v) is 13.6. The van der Waals surface area contributed by atoms with Crippen LogP contribution in [0, 0.1) is 0 Å². The zero-order valence-electron chi connectivity index (χ0n) is 28.3. The first-order chi connectivity index (χ1) is 25.8. The molecule has 2 nitrogen and oxygen atoms in total. The molecule has 0 radical (unpaired) electrons. The van der Waals surface area contributed by atoms with Gasteiger partial charge in [-0.25, -0.2) is 0 Å². The summed E-state index contributed by atoms with van der Waals surface area (Å²) in [6.07, 6.45) is 0. The standard InChI is InChI=1S/C50H31NO/c1-2-14-32(15-3-1)33-16-12-17-35(30-33)51-44-25-10-8-23-41(44)50-42(24-13-26-45(50)51)49-39-21-6-4-19-37(39)48(38-20-5-7-22-40(38)49)34-28-29-47-43(31-34)36-18-9-11-27-46(36)52-47/h1-31H. The maximum absolute atomic E-state index is 6.23. The number of hydrogen-bond acceptors (Lipinski definition) is 1. The van der Waals surface area contributed by atoms with E-state index < -0.39 is 0 Å². The minimum Gasteiger partial charge on any atom is -0.456 e. The Morgan fingerprint density at radius 2 is 0.904 bits per heavy atom. The smallest absolute Gasteiger partial charge is 0.135 e. The SMILES string of the molecule is c1ccc(-c2cccc(-n3c4ccccc4c4c(-c5c6ccccc6c(-c6ccc7oc8ccccc8c7c6)c6ccccc56)cccc43)c2)cc1. The summed E-state index contributed by atoms with van der Waals surface area (Å²) in [6, 6.07) is 68.1. The molecule has 0 aliphatic carbocycles. The predicted octanol–water partition coefficient (Wildman–Crippen LogP) is 14.0. The van der Waals surface area contributed by atoms with Crippen LogP contribution in [0.2, 0.25) is 0 Å². The van der Waals surface area contributed by atoms with Crippen molar-refractivity contribution in [3.63, 3.8) is 0 Å². The van der Waals surface area contributed by atoms with Crippen LogP contribution in [0.5, 0.6) is 0 Å². The summed E-state index contributed by atoms with van der Waals surface area (Å²) in [6.45, 7) is 0. The average Bonchev–Trinajstić information content (AvgIpc) is 3.76. The van der Waals surface area contributed by atoms with Crippen LogP contribution >= 0.6 is 0 Å². The fourth-order valence-electron chi connectivity index (χ4n) is 8.57. The monoisotopic (exact) mass is 661 g/mol. The van der Waals surface area contributed by atoms with E-state index in [1.54, 1.807) is 0 Å². The number of rotatable bonds is 4. The third-order valence-electron chi connectivity index (χ3n) is 10.8. The van der Waals surface area contributed by atoms with E-state index in [0.29, 0.717) is 0 Å². The normalized spacial score (nSPS) is 11.8. The van der Waals surface area contributed by atoms with Gasteiger partial charge in [0.05, 0.1) is 11.0 Å². The highest BCUT2D eigenvalue weighted by molar-refractivity contribution is 6.26. The van der Waals surface area contributed by atoms with Gasteiger partial charge in [-0.3, -0.25) is 0 Å². The minimum absolute atomic E-state index is 0.910. The van der Waals surface area contributed by atoms with E-state index >= 15 is 0 Å². The van der Waals surface area contributed by atoms with Crippen molar-refractivity contribution in [2.45, 2.75) is 0 Å². The summed E-state index contributed by atoms with van der Waals surface area (Å²) in [4.78, 5) is 0. The first-order valence-electron chi connectivity index (χ1n) is 17.9. The topological polar surface area (TPSA) is 18.1 Å². The molecule has 2 heteroatoms. The first-order valence-corrected chi connectivity index (χ1v) is 17.9. The molecule has 0 bridgehead atoms. The van der Waals surface area contributed by atoms with Gasteiger partial charge < -0.3 is 8.98 Å². The quantitative estimate of drug-likeness (QED) is 0.172. The van der Waals surface area contributed by atoms with Gasteiger partial charge in [-0.05, 0) is 97.4 Å². The van der Waals surface area contributed by atoms with Crippen molar-refractivity contribution in [2.24, 2.45) is 0 Å². The van der Waals surface area contributed by atoms with Crippen LogP contribution in [0.25, 0.3) is 104 Å². The molecule has 9 aromatic carbocycles. The van der Waals surface area contributed by atoms with Crippen LogP contribution in [0.3, 0.4) is 0 Å². The van der Waals surface area contributed by atoms with Gasteiger partial charge in [0, 0.05) is 27.2 Å². The molecule has 0 amide bonds. The molecule has 242 valence electrons. The summed E-state index contributed by atoms with van der Waals surface area (Å²) < 4.78 is 8.67. The summed E-state index contributed by atoms with van der Waals surface area (Å²) >= 11 is 0. The molecule has 0 spiro atoms. The molecule has 0 aliphatic heterocycles. The molecule has 11 aromatic rings. The molecule has 0 unspecified atom stereocenters. The molecular weight excluding hydrogens is 631 g/mol. The summed E-state index contributed by atoms with van der Waals surface area (Å²) in [5.41, 5.74) is 12.7. The Kier molecular flexibility index (Phi) is 6.28. The maximum atomic E-state index is 6.23. The van der Waals surface area contributed by atoms with Crippen molar-refractivity contribution in [3.8, 4) is 39.1 Å². The lowest BCUT2D eigenvalue weighted by Crippen LogP contribution is -1.95. The largest absolute Gasteiger partial charge is 0.456 e. The fraction of sp³-hybridized carbons (Fsp3) is 0. The Labute approximate surface area is 300 Å². The van der Waals surface area contributed by atoms with Gasteiger partial charge in [0.15, 0.2) is 0 Å². The van der Waals surface area contributed by atoms with Crippen molar-refractivity contribution in [1.82, 2.24) is 4.57 Å². The summed E-state index contributed by atoms with van der Waals surface area (Å²) in [5, 5.41) is 9.73. The van der Waals surface area contributed by atoms with Crippen LogP contribution in [-0.2, 0) is 0 Å². The van der Waals surface area contributed by atoms with E-state index in [0.717, 1.165) is 27.6 Å². The third kappa shape index (κ3) is 4.25. The fourth-order valence-corrected chi connectivity index (χ4v) is 8.57. The number of hydrogen-bond donors (Lipinski definition) is 0. The van der Waals surface area contributed by atoms with Gasteiger partial charge in [0.25, 0.3) is 0 Å². The maximum Gasteiger partial charge on any atom is 0.135 e. The molecule has 2 heterocycles. The number of nitrogens with zero attached hydrogens (tertiary/aromatic N) is 1. The summed E-state index contributed by atoms with van der Waals surface area (Å²) in [5.74, 6) is 0. The average molecular weight is 662 g/mol. The number of fused-ring (bicyclic) bond motifs is 8. The molecule has 0 atom stereocenters. The van der Waals surface area contributed by atoms with Crippen molar-refractivity contribution in [1.29, 1.82) is 0 Å². The minimum atomic E-state index is 0.910. The number of benzene rings is 9. The van der Waals surface area contributed by atoms with Crippen LogP contribution in [0.15, 0.2) is 192 Å². The highest BCUT2D eigenvalue weighted by atomic mass is 16.3. The van der Waals surface area contributed by atoms with E-state index in [9.17, 15) is 0 Å². The zero-order valence-corrected chi connectivity index (χ0v) is 28.3. The Morgan fingerprint density at radius 1 is 0.327 bits per heavy atom. The lowest BCUT2D eigenvalue weighted by Gasteiger charge is -2.18. The predicted molar refractivity (Wildman–Crippen MR) is 219 cm³/mol. The van der Waals surface area contributed by atoms with Crippen LogP contribution in [0.4, 0.5) is 0 Å². The van der Waals surface area contributed by atoms with Crippen molar-refractivity contribution in [3.05, 3.63) is 188 Å². The van der Waals surface area contributed by atoms with E-state index in [-0.39, 0.29) is 0 Å². The van der Waals surface area contributed by atoms with Crippen molar-refractivity contribution in [2.75, 3.05) is 0 Å². The molecular formula is C50H31NO. The molecule has 0 N–H and O–H groups in total. The van der Waals surface area contributed by atoms with Gasteiger partial charge in [0.1, 0.15) is 11.2 Å². The number of aromatic nitrogens is 1. The highest BCUT2D eigenvalue weighted by Crippen LogP contribution is 2.48. The lowest BCUT2D eigenvalue weighted by molar-refractivity contribution is 0.669. The van der Waals surface area contributed by atoms with Crippen LogP contribution in [-0.4, -0.2) is 4.57 Å². The van der Waals surface area contributed by atoms with Crippen molar-refractivity contribution < 1.29 is 4.42 Å². The van der Waals surface area contributed by atoms with E-state index in [1.807, 2.05) is 12.1 Å². The molecule has 52 heavy (non-hydrogen) atoms. The molecule has 0 saturated heterocycles. The number of para-hydroxylation sites is 2. The Balaban J connectivity index is 1.21. The lowest BCUT2D eigenvalue weighted by atomic mass is 9.84. The summed E-state index contributed by atoms with van der Waals surface area (Å²) in [7, 11) is 0. The first kappa shape index (κ1) is 28.9. The van der Waals surface area contributed by atoms with Gasteiger partial charge >= 0.3 is 0 Å². The van der Waals surface area contributed by atoms with E-state index in [4.69, 9.17) is 4.42 Å². The third-order valence-corrected chi connectivity index (χ3v) is 10.8. The highest BCUT2D eigenvalue weighted by Gasteiger charge is 2.22. The Bertz CT molecular complexity index is 3120. The van der Waals surface area contributed by atoms with Gasteiger partial charge in [0.2, 0.25) is 0 Å². The van der Waals surface area contributed by atoms with Gasteiger partial charge in [-0.2, -0.15) is 0 Å². The Hall–Kier alpha value is -6.90. The zero-order chi connectivity index (χ0) is 34.2. The molecule has 11 rings (SSSR count). The molecule has 0 fully saturated rings. The molecule has 0 saturated carbocycles. The van der Waals surface area contributed by atoms with Gasteiger partial charge in [-0.15, -0.1) is 0 Å². The second-order valence-electron chi connectivity index (χ2n) is 13.6. The van der Waals surface area contributed by atoms with Crippen LogP contribution in [0.1, 0.15) is 0 Å². The molecule has 0 aliphatic rings. The number of furan rings is 1. The van der Waals surface area contributed by atoms with E-state index in [1.165, 1.54) is 76.7 Å².